The molecule has 3 heteroatoms. The van der Waals surface area contributed by atoms with Crippen LogP contribution in [0.25, 0.3) is 0 Å². The second-order valence-electron chi connectivity index (χ2n) is 5.58. The SMILES string of the molecule is CCCCCCc1ccc(C(=O)Oc2ccc(C=O)cc2)cc1. The molecule has 3 nitrogen and oxygen atoms in total. The van der Waals surface area contributed by atoms with E-state index in [9.17, 15) is 9.59 Å². The van der Waals surface area contributed by atoms with E-state index in [0.29, 0.717) is 16.9 Å². The number of hydrogen-bond donors (Lipinski definition) is 0. The van der Waals surface area contributed by atoms with Crippen molar-refractivity contribution in [1.29, 1.82) is 0 Å². The van der Waals surface area contributed by atoms with Gasteiger partial charge in [0.2, 0.25) is 0 Å². The summed E-state index contributed by atoms with van der Waals surface area (Å²) in [4.78, 5) is 22.7. The van der Waals surface area contributed by atoms with Crippen LogP contribution in [0.1, 0.15) is 58.9 Å². The topological polar surface area (TPSA) is 43.4 Å². The largest absolute Gasteiger partial charge is 0.423 e. The van der Waals surface area contributed by atoms with Crippen molar-refractivity contribution in [3.8, 4) is 5.75 Å². The van der Waals surface area contributed by atoms with Gasteiger partial charge in [0, 0.05) is 5.56 Å². The van der Waals surface area contributed by atoms with Crippen molar-refractivity contribution in [2.75, 3.05) is 0 Å². The number of rotatable bonds is 8. The molecule has 23 heavy (non-hydrogen) atoms. The summed E-state index contributed by atoms with van der Waals surface area (Å²) in [6, 6.07) is 14.0. The number of aryl methyl sites for hydroxylation is 1. The van der Waals surface area contributed by atoms with E-state index in [1.54, 1.807) is 36.4 Å². The van der Waals surface area contributed by atoms with Crippen LogP contribution in [0.15, 0.2) is 48.5 Å². The van der Waals surface area contributed by atoms with Crippen LogP contribution in [0.5, 0.6) is 5.75 Å². The van der Waals surface area contributed by atoms with Crippen molar-refractivity contribution in [2.45, 2.75) is 39.0 Å². The number of aldehydes is 1. The summed E-state index contributed by atoms with van der Waals surface area (Å²) in [5.74, 6) is 0.0469. The van der Waals surface area contributed by atoms with Crippen molar-refractivity contribution in [3.05, 3.63) is 65.2 Å². The van der Waals surface area contributed by atoms with E-state index in [-0.39, 0.29) is 5.97 Å². The van der Waals surface area contributed by atoms with Crippen molar-refractivity contribution >= 4 is 12.3 Å². The summed E-state index contributed by atoms with van der Waals surface area (Å²) in [5, 5.41) is 0. The van der Waals surface area contributed by atoms with E-state index in [0.717, 1.165) is 12.7 Å². The number of carbonyl (C=O) groups excluding carboxylic acids is 2. The molecule has 2 aromatic rings. The molecular weight excluding hydrogens is 288 g/mol. The third kappa shape index (κ3) is 5.37. The lowest BCUT2D eigenvalue weighted by molar-refractivity contribution is 0.0734. The van der Waals surface area contributed by atoms with E-state index >= 15 is 0 Å². The van der Waals surface area contributed by atoms with Gasteiger partial charge in [0.25, 0.3) is 0 Å². The number of hydrogen-bond acceptors (Lipinski definition) is 3. The van der Waals surface area contributed by atoms with E-state index in [1.807, 2.05) is 12.1 Å². The average molecular weight is 310 g/mol. The minimum Gasteiger partial charge on any atom is -0.423 e. The Balaban J connectivity index is 1.90. The van der Waals surface area contributed by atoms with Gasteiger partial charge in [-0.2, -0.15) is 0 Å². The van der Waals surface area contributed by atoms with Gasteiger partial charge < -0.3 is 4.74 Å². The number of esters is 1. The zero-order valence-corrected chi connectivity index (χ0v) is 13.5. The first-order valence-corrected chi connectivity index (χ1v) is 8.09. The summed E-state index contributed by atoms with van der Waals surface area (Å²) in [7, 11) is 0. The van der Waals surface area contributed by atoms with Gasteiger partial charge in [-0.3, -0.25) is 4.79 Å². The summed E-state index contributed by atoms with van der Waals surface area (Å²) >= 11 is 0. The van der Waals surface area contributed by atoms with Crippen LogP contribution in [0.2, 0.25) is 0 Å². The Labute approximate surface area is 137 Å². The maximum atomic E-state index is 12.1. The maximum Gasteiger partial charge on any atom is 0.343 e. The van der Waals surface area contributed by atoms with Gasteiger partial charge in [-0.05, 0) is 54.8 Å². The van der Waals surface area contributed by atoms with Crippen LogP contribution in [0, 0.1) is 0 Å². The van der Waals surface area contributed by atoms with E-state index in [4.69, 9.17) is 4.74 Å². The Morgan fingerprint density at radius 1 is 0.957 bits per heavy atom. The molecule has 0 aliphatic heterocycles. The number of unbranched alkanes of at least 4 members (excludes halogenated alkanes) is 3. The lowest BCUT2D eigenvalue weighted by Crippen LogP contribution is -2.08. The zero-order valence-electron chi connectivity index (χ0n) is 13.5. The van der Waals surface area contributed by atoms with Gasteiger partial charge in [-0.25, -0.2) is 4.79 Å². The number of ether oxygens (including phenoxy) is 1. The highest BCUT2D eigenvalue weighted by atomic mass is 16.5. The van der Waals surface area contributed by atoms with Crippen LogP contribution >= 0.6 is 0 Å². The van der Waals surface area contributed by atoms with Crippen LogP contribution < -0.4 is 4.74 Å². The Bertz CT molecular complexity index is 627. The highest BCUT2D eigenvalue weighted by molar-refractivity contribution is 5.91. The van der Waals surface area contributed by atoms with Gasteiger partial charge >= 0.3 is 5.97 Å². The van der Waals surface area contributed by atoms with Crippen LogP contribution in [-0.2, 0) is 6.42 Å². The molecule has 0 amide bonds. The first-order chi connectivity index (χ1) is 11.2. The Kier molecular flexibility index (Phi) is 6.55. The molecule has 2 rings (SSSR count). The summed E-state index contributed by atoms with van der Waals surface area (Å²) in [6.45, 7) is 2.20. The maximum absolute atomic E-state index is 12.1. The lowest BCUT2D eigenvalue weighted by Gasteiger charge is -2.06. The fourth-order valence-corrected chi connectivity index (χ4v) is 2.34. The van der Waals surface area contributed by atoms with Gasteiger partial charge in [0.15, 0.2) is 0 Å². The Morgan fingerprint density at radius 3 is 2.26 bits per heavy atom. The average Bonchev–Trinajstić information content (AvgIpc) is 2.60. The first kappa shape index (κ1) is 16.9. The van der Waals surface area contributed by atoms with Crippen LogP contribution in [-0.4, -0.2) is 12.3 Å². The molecular formula is C20H22O3. The monoisotopic (exact) mass is 310 g/mol. The molecule has 0 N–H and O–H groups in total. The molecule has 0 unspecified atom stereocenters. The van der Waals surface area contributed by atoms with Crippen molar-refractivity contribution in [1.82, 2.24) is 0 Å². The molecule has 0 saturated heterocycles. The zero-order chi connectivity index (χ0) is 16.5. The molecule has 0 heterocycles. The third-order valence-corrected chi connectivity index (χ3v) is 3.74. The summed E-state index contributed by atoms with van der Waals surface area (Å²) in [5.41, 5.74) is 2.33. The fourth-order valence-electron chi connectivity index (χ4n) is 2.34. The third-order valence-electron chi connectivity index (χ3n) is 3.74. The highest BCUT2D eigenvalue weighted by Crippen LogP contribution is 2.15. The fraction of sp³-hybridized carbons (Fsp3) is 0.300. The minimum absolute atomic E-state index is 0.388. The Morgan fingerprint density at radius 2 is 1.65 bits per heavy atom. The second kappa shape index (κ2) is 8.89. The molecule has 0 spiro atoms. The molecule has 0 radical (unpaired) electrons. The van der Waals surface area contributed by atoms with Gasteiger partial charge in [0.05, 0.1) is 5.56 Å². The summed E-state index contributed by atoms with van der Waals surface area (Å²) in [6.07, 6.45) is 6.73. The molecule has 0 fully saturated rings. The van der Waals surface area contributed by atoms with Gasteiger partial charge in [0.1, 0.15) is 12.0 Å². The minimum atomic E-state index is -0.388. The van der Waals surface area contributed by atoms with Crippen molar-refractivity contribution in [3.63, 3.8) is 0 Å². The standard InChI is InChI=1S/C20H22O3/c1-2-3-4-5-6-16-7-11-18(12-8-16)20(22)23-19-13-9-17(15-21)10-14-19/h7-15H,2-6H2,1H3. The quantitative estimate of drug-likeness (QED) is 0.303. The van der Waals surface area contributed by atoms with Gasteiger partial charge in [-0.15, -0.1) is 0 Å². The smallest absolute Gasteiger partial charge is 0.343 e. The normalized spacial score (nSPS) is 10.3. The number of carbonyl (C=O) groups is 2. The van der Waals surface area contributed by atoms with Crippen molar-refractivity contribution in [2.24, 2.45) is 0 Å². The van der Waals surface area contributed by atoms with E-state index in [2.05, 4.69) is 6.92 Å². The molecule has 0 aliphatic rings. The Hall–Kier alpha value is -2.42. The molecule has 0 saturated carbocycles. The van der Waals surface area contributed by atoms with E-state index < -0.39 is 0 Å². The first-order valence-electron chi connectivity index (χ1n) is 8.09. The van der Waals surface area contributed by atoms with E-state index in [1.165, 1.54) is 31.2 Å². The lowest BCUT2D eigenvalue weighted by atomic mass is 10.0. The second-order valence-corrected chi connectivity index (χ2v) is 5.58. The molecule has 0 bridgehead atoms. The predicted molar refractivity (Wildman–Crippen MR) is 91.1 cm³/mol. The molecule has 0 aromatic heterocycles. The molecule has 120 valence electrons. The molecule has 2 aromatic carbocycles. The molecule has 0 aliphatic carbocycles. The van der Waals surface area contributed by atoms with Crippen LogP contribution in [0.4, 0.5) is 0 Å². The van der Waals surface area contributed by atoms with Crippen LogP contribution in [0.3, 0.4) is 0 Å². The summed E-state index contributed by atoms with van der Waals surface area (Å²) < 4.78 is 5.30. The predicted octanol–water partition coefficient (Wildman–Crippen LogP) is 4.84. The number of benzene rings is 2. The molecule has 0 atom stereocenters. The highest BCUT2D eigenvalue weighted by Gasteiger charge is 2.08. The van der Waals surface area contributed by atoms with Crippen molar-refractivity contribution < 1.29 is 14.3 Å². The van der Waals surface area contributed by atoms with Gasteiger partial charge in [-0.1, -0.05) is 38.3 Å².